The van der Waals surface area contributed by atoms with Gasteiger partial charge in [-0.3, -0.25) is 9.59 Å². The van der Waals surface area contributed by atoms with Gasteiger partial charge in [-0.05, 0) is 66.1 Å². The van der Waals surface area contributed by atoms with Crippen LogP contribution in [0.15, 0.2) is 124 Å². The Morgan fingerprint density at radius 3 is 2.25 bits per heavy atom. The monoisotopic (exact) mass is 660 g/mol. The van der Waals surface area contributed by atoms with E-state index in [0.29, 0.717) is 38.8 Å². The fraction of sp³-hybridized carbons (Fsp3) is 0.189. The van der Waals surface area contributed by atoms with Crippen LogP contribution in [0.5, 0.6) is 11.5 Å². The number of ether oxygens (including phenoxy) is 1. The predicted octanol–water partition coefficient (Wildman–Crippen LogP) is 4.96. The molecule has 4 unspecified atom stereocenters. The van der Waals surface area contributed by atoms with E-state index < -0.39 is 46.5 Å². The van der Waals surface area contributed by atoms with Gasteiger partial charge in [-0.15, -0.1) is 0 Å². The second-order valence-corrected chi connectivity index (χ2v) is 12.7. The molecule has 0 bridgehead atoms. The summed E-state index contributed by atoms with van der Waals surface area (Å²) < 4.78 is 9.47. The third-order valence-corrected chi connectivity index (χ3v) is 10.2. The van der Waals surface area contributed by atoms with Crippen molar-refractivity contribution >= 4 is 29.1 Å². The Balaban J connectivity index is 1.43. The van der Waals surface area contributed by atoms with E-state index in [1.165, 1.54) is 27.4 Å². The summed E-state index contributed by atoms with van der Waals surface area (Å²) in [7, 11) is 1.51. The summed E-state index contributed by atoms with van der Waals surface area (Å²) >= 11 is 6.36. The Bertz CT molecular complexity index is 2270. The van der Waals surface area contributed by atoms with Crippen LogP contribution in [0.4, 0.5) is 5.69 Å². The van der Waals surface area contributed by atoms with Crippen molar-refractivity contribution in [3.05, 3.63) is 152 Å². The molecular formula is C37H29ClN4O6. The van der Waals surface area contributed by atoms with Crippen molar-refractivity contribution in [3.63, 3.8) is 0 Å². The van der Waals surface area contributed by atoms with E-state index in [1.807, 2.05) is 36.4 Å². The highest BCUT2D eigenvalue weighted by Gasteiger charge is 2.69. The average molecular weight is 661 g/mol. The molecule has 2 fully saturated rings. The lowest BCUT2D eigenvalue weighted by Gasteiger charge is -2.49. The predicted molar refractivity (Wildman–Crippen MR) is 179 cm³/mol. The number of rotatable bonds is 5. The third kappa shape index (κ3) is 4.05. The SMILES string of the molecule is COc1ccc(O)c(C2C3=CCn4c(=O)n(-c5ccccc5)c(=O)n4C3CC3C(=O)N(c4cccc(Cl)c4)C(=O)C32c2ccccc2)c1. The van der Waals surface area contributed by atoms with Crippen LogP contribution in [0.3, 0.4) is 0 Å². The zero-order valence-electron chi connectivity index (χ0n) is 25.7. The zero-order chi connectivity index (χ0) is 33.3. The van der Waals surface area contributed by atoms with Crippen LogP contribution < -0.4 is 21.0 Å². The van der Waals surface area contributed by atoms with Crippen molar-refractivity contribution in [2.75, 3.05) is 12.0 Å². The zero-order valence-corrected chi connectivity index (χ0v) is 26.4. The number of para-hydroxylation sites is 1. The number of halogens is 1. The molecule has 0 radical (unpaired) electrons. The molecule has 2 amide bonds. The lowest BCUT2D eigenvalue weighted by atomic mass is 9.53. The number of phenols is 1. The number of anilines is 1. The third-order valence-electron chi connectivity index (χ3n) is 9.99. The molecule has 11 heteroatoms. The first-order chi connectivity index (χ1) is 23.3. The lowest BCUT2D eigenvalue weighted by molar-refractivity contribution is -0.124. The van der Waals surface area contributed by atoms with Crippen LogP contribution in [-0.4, -0.2) is 38.0 Å². The summed E-state index contributed by atoms with van der Waals surface area (Å²) in [6.45, 7) is 0.0383. The maximum Gasteiger partial charge on any atom is 0.352 e. The number of benzene rings is 4. The Hall–Kier alpha value is -5.61. The molecule has 1 aromatic heterocycles. The van der Waals surface area contributed by atoms with Gasteiger partial charge in [0.25, 0.3) is 0 Å². The molecule has 1 saturated carbocycles. The van der Waals surface area contributed by atoms with E-state index >= 15 is 4.79 Å². The number of carbonyl (C=O) groups excluding carboxylic acids is 2. The first kappa shape index (κ1) is 29.8. The molecule has 1 aliphatic carbocycles. The van der Waals surface area contributed by atoms with Crippen molar-refractivity contribution in [2.45, 2.75) is 30.3 Å². The van der Waals surface area contributed by atoms with E-state index in [2.05, 4.69) is 0 Å². The van der Waals surface area contributed by atoms with Crippen LogP contribution in [-0.2, 0) is 21.5 Å². The number of amides is 2. The van der Waals surface area contributed by atoms with Crippen LogP contribution in [0.25, 0.3) is 5.69 Å². The molecule has 4 atom stereocenters. The number of phenolic OH excluding ortho intramolecular Hbond substituents is 1. The molecule has 3 aliphatic rings. The van der Waals surface area contributed by atoms with Gasteiger partial charge < -0.3 is 9.84 Å². The van der Waals surface area contributed by atoms with Gasteiger partial charge >= 0.3 is 11.4 Å². The average Bonchev–Trinajstić information content (AvgIpc) is 3.50. The highest BCUT2D eigenvalue weighted by atomic mass is 35.5. The van der Waals surface area contributed by atoms with Gasteiger partial charge in [0.05, 0.1) is 42.4 Å². The smallest absolute Gasteiger partial charge is 0.352 e. The number of aromatic nitrogens is 3. The fourth-order valence-corrected chi connectivity index (χ4v) is 8.22. The van der Waals surface area contributed by atoms with Crippen molar-refractivity contribution in [1.82, 2.24) is 13.9 Å². The van der Waals surface area contributed by atoms with Crippen molar-refractivity contribution in [3.8, 4) is 17.2 Å². The summed E-state index contributed by atoms with van der Waals surface area (Å²) in [4.78, 5) is 59.2. The Morgan fingerprint density at radius 2 is 1.54 bits per heavy atom. The molecule has 2 aliphatic heterocycles. The minimum Gasteiger partial charge on any atom is -0.508 e. The van der Waals surface area contributed by atoms with Crippen LogP contribution in [0.1, 0.15) is 29.5 Å². The number of allylic oxidation sites excluding steroid dienone is 2. The first-order valence-electron chi connectivity index (χ1n) is 15.5. The topological polar surface area (TPSA) is 116 Å². The minimum absolute atomic E-state index is 0.0383. The molecule has 0 spiro atoms. The molecule has 1 saturated heterocycles. The van der Waals surface area contributed by atoms with Crippen LogP contribution in [0, 0.1) is 5.92 Å². The number of aromatic hydroxyl groups is 1. The summed E-state index contributed by atoms with van der Waals surface area (Å²) in [6.07, 6.45) is 1.90. The summed E-state index contributed by atoms with van der Waals surface area (Å²) in [6, 6.07) is 28.3. The molecular weight excluding hydrogens is 632 g/mol. The molecule has 5 aromatic rings. The van der Waals surface area contributed by atoms with Crippen LogP contribution >= 0.6 is 11.6 Å². The second kappa shape index (κ2) is 11.0. The minimum atomic E-state index is -1.54. The maximum absolute atomic E-state index is 15.3. The number of hydrogen-bond donors (Lipinski definition) is 1. The van der Waals surface area contributed by atoms with E-state index in [0.717, 1.165) is 4.57 Å². The van der Waals surface area contributed by atoms with Crippen molar-refractivity contribution in [2.24, 2.45) is 5.92 Å². The van der Waals surface area contributed by atoms with Crippen molar-refractivity contribution in [1.29, 1.82) is 0 Å². The lowest BCUT2D eigenvalue weighted by Crippen LogP contribution is -2.53. The van der Waals surface area contributed by atoms with Gasteiger partial charge in [0, 0.05) is 16.5 Å². The highest BCUT2D eigenvalue weighted by Crippen LogP contribution is 2.63. The van der Waals surface area contributed by atoms with Gasteiger partial charge in [-0.1, -0.05) is 72.3 Å². The number of methoxy groups -OCH3 is 1. The van der Waals surface area contributed by atoms with Gasteiger partial charge in [-0.2, -0.15) is 0 Å². The largest absolute Gasteiger partial charge is 0.508 e. The molecule has 48 heavy (non-hydrogen) atoms. The van der Waals surface area contributed by atoms with E-state index in [-0.39, 0.29) is 18.7 Å². The Labute approximate surface area is 279 Å². The molecule has 3 heterocycles. The van der Waals surface area contributed by atoms with E-state index in [9.17, 15) is 19.5 Å². The quantitative estimate of drug-likeness (QED) is 0.210. The maximum atomic E-state index is 15.3. The summed E-state index contributed by atoms with van der Waals surface area (Å²) in [5.74, 6) is -2.54. The van der Waals surface area contributed by atoms with Crippen molar-refractivity contribution < 1.29 is 19.4 Å². The van der Waals surface area contributed by atoms with Crippen LogP contribution in [0.2, 0.25) is 5.02 Å². The number of imide groups is 1. The summed E-state index contributed by atoms with van der Waals surface area (Å²) in [5.41, 5.74) is -0.305. The van der Waals surface area contributed by atoms with Gasteiger partial charge in [0.1, 0.15) is 11.5 Å². The Morgan fingerprint density at radius 1 is 0.833 bits per heavy atom. The second-order valence-electron chi connectivity index (χ2n) is 12.2. The number of nitrogens with zero attached hydrogens (tertiary/aromatic N) is 4. The summed E-state index contributed by atoms with van der Waals surface area (Å²) in [5, 5.41) is 11.9. The van der Waals surface area contributed by atoms with Gasteiger partial charge in [0.2, 0.25) is 11.8 Å². The highest BCUT2D eigenvalue weighted by molar-refractivity contribution is 6.32. The molecule has 10 nitrogen and oxygen atoms in total. The molecule has 4 aromatic carbocycles. The molecule has 240 valence electrons. The standard InChI is InChI=1S/C37H29ClN4O6/c1-48-26-15-16-31(43)28(20-26)32-27-17-18-39-35(46)41(24-12-6-3-7-13-24)36(47)42(39)30(27)21-29-33(44)40(25-14-8-11-23(38)19-25)34(45)37(29,32)22-9-4-2-5-10-22/h2-17,19-20,29-30,32,43H,18,21H2,1H3. The fourth-order valence-electron chi connectivity index (χ4n) is 8.04. The van der Waals surface area contributed by atoms with Gasteiger partial charge in [-0.25, -0.2) is 28.4 Å². The molecule has 8 rings (SSSR count). The number of hydrogen-bond acceptors (Lipinski definition) is 6. The Kier molecular flexibility index (Phi) is 6.81. The van der Waals surface area contributed by atoms with E-state index in [4.69, 9.17) is 16.3 Å². The van der Waals surface area contributed by atoms with Gasteiger partial charge in [0.15, 0.2) is 0 Å². The molecule has 1 N–H and O–H groups in total. The first-order valence-corrected chi connectivity index (χ1v) is 15.9. The number of carbonyl (C=O) groups is 2. The number of fused-ring (bicyclic) bond motifs is 4. The normalized spacial score (nSPS) is 22.9. The van der Waals surface area contributed by atoms with E-state index in [1.54, 1.807) is 66.7 Å².